The lowest BCUT2D eigenvalue weighted by molar-refractivity contribution is 0.541. The van der Waals surface area contributed by atoms with Crippen LogP contribution in [0.5, 0.6) is 0 Å². The molecule has 32 heavy (non-hydrogen) atoms. The van der Waals surface area contributed by atoms with Crippen LogP contribution in [0.4, 0.5) is 0 Å². The van der Waals surface area contributed by atoms with Crippen molar-refractivity contribution in [2.24, 2.45) is 5.92 Å². The van der Waals surface area contributed by atoms with Crippen LogP contribution in [0.25, 0.3) is 0 Å². The molecule has 0 heterocycles. The molecular formula is C32H32. The molecule has 0 nitrogen and oxygen atoms in total. The van der Waals surface area contributed by atoms with E-state index in [9.17, 15) is 0 Å². The van der Waals surface area contributed by atoms with Crippen molar-refractivity contribution in [1.82, 2.24) is 0 Å². The number of hydrogen-bond donors (Lipinski definition) is 0. The summed E-state index contributed by atoms with van der Waals surface area (Å²) in [5.74, 6) is 1.08. The summed E-state index contributed by atoms with van der Waals surface area (Å²) in [6.07, 6.45) is 4.11. The highest BCUT2D eigenvalue weighted by Crippen LogP contribution is 2.33. The summed E-state index contributed by atoms with van der Waals surface area (Å²) < 4.78 is 0. The van der Waals surface area contributed by atoms with Gasteiger partial charge in [0, 0.05) is 5.92 Å². The first kappa shape index (κ1) is 20.8. The Bertz CT molecular complexity index is 1120. The predicted molar refractivity (Wildman–Crippen MR) is 135 cm³/mol. The van der Waals surface area contributed by atoms with Crippen LogP contribution < -0.4 is 0 Å². The number of hydrogen-bond acceptors (Lipinski definition) is 0. The van der Waals surface area contributed by atoms with Crippen LogP contribution in [-0.4, -0.2) is 0 Å². The van der Waals surface area contributed by atoms with Gasteiger partial charge in [-0.25, -0.2) is 0 Å². The smallest absolute Gasteiger partial charge is 0.00919 e. The van der Waals surface area contributed by atoms with Gasteiger partial charge in [-0.15, -0.1) is 0 Å². The summed E-state index contributed by atoms with van der Waals surface area (Å²) in [7, 11) is 0. The number of rotatable bonds is 2. The molecule has 0 spiro atoms. The molecule has 0 saturated carbocycles. The van der Waals surface area contributed by atoms with E-state index in [0.29, 0.717) is 11.8 Å². The zero-order valence-corrected chi connectivity index (χ0v) is 19.2. The molecule has 0 fully saturated rings. The van der Waals surface area contributed by atoms with Crippen molar-refractivity contribution in [2.45, 2.75) is 45.4 Å². The zero-order chi connectivity index (χ0) is 21.9. The van der Waals surface area contributed by atoms with Gasteiger partial charge in [0.25, 0.3) is 0 Å². The maximum atomic E-state index is 2.45. The normalized spacial score (nSPS) is 13.8. The summed E-state index contributed by atoms with van der Waals surface area (Å²) in [5, 5.41) is 0. The Labute approximate surface area is 193 Å². The maximum Gasteiger partial charge on any atom is 0.00919 e. The second kappa shape index (κ2) is 9.17. The lowest BCUT2D eigenvalue weighted by atomic mass is 9.82. The van der Waals surface area contributed by atoms with Crippen molar-refractivity contribution in [2.75, 3.05) is 0 Å². The SMILES string of the molecule is CC(C)CC1c2cccc(c2)Cc2cccc(c2)Cc2cccc(c2)Cc2cccc1c2. The van der Waals surface area contributed by atoms with Crippen LogP contribution in [0.3, 0.4) is 0 Å². The van der Waals surface area contributed by atoms with Gasteiger partial charge in [-0.2, -0.15) is 0 Å². The standard InChI is InChI=1S/C32H32/c1-23(2)15-32-30-13-5-11-28(21-30)19-26-9-3-7-24(17-26)16-25-8-4-10-27(18-25)20-29-12-6-14-31(32)22-29/h3-14,17-18,21-23,32H,15-16,19-20H2,1-2H3. The molecule has 0 atom stereocenters. The van der Waals surface area contributed by atoms with Crippen molar-refractivity contribution in [1.29, 1.82) is 0 Å². The van der Waals surface area contributed by atoms with Gasteiger partial charge >= 0.3 is 0 Å². The summed E-state index contributed by atoms with van der Waals surface area (Å²) in [5.41, 5.74) is 11.3. The van der Waals surface area contributed by atoms with Crippen LogP contribution in [0.15, 0.2) is 97.1 Å². The van der Waals surface area contributed by atoms with Crippen molar-refractivity contribution < 1.29 is 0 Å². The molecule has 0 amide bonds. The highest BCUT2D eigenvalue weighted by atomic mass is 14.2. The molecule has 8 bridgehead atoms. The van der Waals surface area contributed by atoms with Gasteiger partial charge in [-0.05, 0) is 76.1 Å². The minimum Gasteiger partial charge on any atom is -0.0627 e. The quantitative estimate of drug-likeness (QED) is 0.311. The lowest BCUT2D eigenvalue weighted by Crippen LogP contribution is -2.07. The third-order valence-electron chi connectivity index (χ3n) is 6.62. The fraction of sp³-hybridized carbons (Fsp3) is 0.250. The highest BCUT2D eigenvalue weighted by molar-refractivity contribution is 5.41. The Morgan fingerprint density at radius 3 is 1.25 bits per heavy atom. The van der Waals surface area contributed by atoms with E-state index in [4.69, 9.17) is 0 Å². The van der Waals surface area contributed by atoms with Crippen molar-refractivity contribution in [3.63, 3.8) is 0 Å². The average Bonchev–Trinajstić information content (AvgIpc) is 2.78. The monoisotopic (exact) mass is 416 g/mol. The Kier molecular flexibility index (Phi) is 5.95. The Morgan fingerprint density at radius 1 is 0.531 bits per heavy atom. The fourth-order valence-electron chi connectivity index (χ4n) is 5.18. The Morgan fingerprint density at radius 2 is 0.875 bits per heavy atom. The molecule has 4 aromatic rings. The van der Waals surface area contributed by atoms with Crippen LogP contribution in [-0.2, 0) is 19.3 Å². The van der Waals surface area contributed by atoms with Gasteiger partial charge in [0.2, 0.25) is 0 Å². The van der Waals surface area contributed by atoms with Gasteiger partial charge in [0.15, 0.2) is 0 Å². The van der Waals surface area contributed by atoms with Crippen LogP contribution in [0.2, 0.25) is 0 Å². The summed E-state index contributed by atoms with van der Waals surface area (Å²) >= 11 is 0. The van der Waals surface area contributed by atoms with E-state index in [-0.39, 0.29) is 0 Å². The average molecular weight is 417 g/mol. The van der Waals surface area contributed by atoms with Gasteiger partial charge in [0.1, 0.15) is 0 Å². The van der Waals surface area contributed by atoms with Gasteiger partial charge in [-0.3, -0.25) is 0 Å². The molecule has 0 saturated heterocycles. The number of benzene rings is 4. The maximum absolute atomic E-state index is 2.45. The third-order valence-corrected chi connectivity index (χ3v) is 6.62. The molecule has 0 aromatic heterocycles. The second-order valence-corrected chi connectivity index (χ2v) is 9.84. The van der Waals surface area contributed by atoms with Crippen LogP contribution in [0, 0.1) is 5.92 Å². The van der Waals surface area contributed by atoms with E-state index >= 15 is 0 Å². The zero-order valence-electron chi connectivity index (χ0n) is 19.2. The van der Waals surface area contributed by atoms with Gasteiger partial charge < -0.3 is 0 Å². The second-order valence-electron chi connectivity index (χ2n) is 9.84. The van der Waals surface area contributed by atoms with Crippen molar-refractivity contribution >= 4 is 0 Å². The van der Waals surface area contributed by atoms with E-state index in [2.05, 4.69) is 111 Å². The first-order valence-electron chi connectivity index (χ1n) is 12.0. The summed E-state index contributed by atoms with van der Waals surface area (Å²) in [6, 6.07) is 36.9. The predicted octanol–water partition coefficient (Wildman–Crippen LogP) is 7.95. The molecular weight excluding hydrogens is 384 g/mol. The fourth-order valence-corrected chi connectivity index (χ4v) is 5.18. The third kappa shape index (κ3) is 4.86. The molecule has 0 radical (unpaired) electrons. The molecule has 0 aliphatic heterocycles. The van der Waals surface area contributed by atoms with E-state index < -0.39 is 0 Å². The topological polar surface area (TPSA) is 0 Å². The van der Waals surface area contributed by atoms with Crippen LogP contribution >= 0.6 is 0 Å². The van der Waals surface area contributed by atoms with E-state index in [1.165, 1.54) is 44.5 Å². The number of fused-ring (bicyclic) bond motifs is 8. The Balaban J connectivity index is 1.64. The Hall–Kier alpha value is -3.12. The molecule has 1 aliphatic carbocycles. The van der Waals surface area contributed by atoms with Crippen molar-refractivity contribution in [3.05, 3.63) is 142 Å². The minimum absolute atomic E-state index is 0.431. The molecule has 0 unspecified atom stereocenters. The first-order valence-corrected chi connectivity index (χ1v) is 12.0. The molecule has 160 valence electrons. The molecule has 0 heteroatoms. The molecule has 5 rings (SSSR count). The van der Waals surface area contributed by atoms with E-state index in [1.807, 2.05) is 0 Å². The molecule has 0 N–H and O–H groups in total. The van der Waals surface area contributed by atoms with E-state index in [1.54, 1.807) is 0 Å². The van der Waals surface area contributed by atoms with Gasteiger partial charge in [0.05, 0.1) is 0 Å². The highest BCUT2D eigenvalue weighted by Gasteiger charge is 2.17. The molecule has 1 aliphatic rings. The first-order chi connectivity index (χ1) is 15.6. The largest absolute Gasteiger partial charge is 0.0627 e. The molecule has 4 aromatic carbocycles. The minimum atomic E-state index is 0.431. The van der Waals surface area contributed by atoms with Crippen LogP contribution in [0.1, 0.15) is 70.7 Å². The summed E-state index contributed by atoms with van der Waals surface area (Å²) in [6.45, 7) is 4.67. The van der Waals surface area contributed by atoms with Gasteiger partial charge in [-0.1, -0.05) is 111 Å². The lowest BCUT2D eigenvalue weighted by Gasteiger charge is -2.22. The van der Waals surface area contributed by atoms with E-state index in [0.717, 1.165) is 25.7 Å². The van der Waals surface area contributed by atoms with Crippen molar-refractivity contribution in [3.8, 4) is 0 Å². The summed E-state index contributed by atoms with van der Waals surface area (Å²) in [4.78, 5) is 0.